The number of likely N-dealkylation sites (tertiary alicyclic amines) is 1. The summed E-state index contributed by atoms with van der Waals surface area (Å²) in [6, 6.07) is 8.30. The van der Waals surface area contributed by atoms with Crippen molar-refractivity contribution < 1.29 is 18.4 Å². The summed E-state index contributed by atoms with van der Waals surface area (Å²) < 4.78 is 28.1. The van der Waals surface area contributed by atoms with Crippen LogP contribution in [0.15, 0.2) is 42.6 Å². The van der Waals surface area contributed by atoms with Crippen LogP contribution in [0.4, 0.5) is 14.5 Å². The van der Waals surface area contributed by atoms with Gasteiger partial charge in [-0.1, -0.05) is 13.0 Å². The fourth-order valence-electron chi connectivity index (χ4n) is 3.64. The molecule has 0 saturated carbocycles. The summed E-state index contributed by atoms with van der Waals surface area (Å²) in [6.45, 7) is 3.41. The molecule has 1 atom stereocenters. The third kappa shape index (κ3) is 3.70. The molecule has 150 valence electrons. The Labute approximate surface area is 166 Å². The van der Waals surface area contributed by atoms with E-state index < -0.39 is 17.5 Å². The number of halogens is 2. The highest BCUT2D eigenvalue weighted by molar-refractivity contribution is 6.06. The highest BCUT2D eigenvalue weighted by Gasteiger charge is 2.27. The molecule has 29 heavy (non-hydrogen) atoms. The van der Waals surface area contributed by atoms with Crippen molar-refractivity contribution in [3.63, 3.8) is 0 Å². The van der Waals surface area contributed by atoms with Crippen LogP contribution in [0, 0.1) is 17.6 Å². The number of piperidine rings is 1. The lowest BCUT2D eigenvalue weighted by molar-refractivity contribution is 0.0679. The number of nitrogens with one attached hydrogen (secondary N) is 1. The van der Waals surface area contributed by atoms with Gasteiger partial charge >= 0.3 is 0 Å². The second kappa shape index (κ2) is 7.62. The van der Waals surface area contributed by atoms with E-state index in [2.05, 4.69) is 17.2 Å². The quantitative estimate of drug-likeness (QED) is 0.731. The second-order valence-electron chi connectivity index (χ2n) is 7.32. The van der Waals surface area contributed by atoms with Gasteiger partial charge in [0.25, 0.3) is 11.8 Å². The largest absolute Gasteiger partial charge is 0.337 e. The number of aromatic nitrogens is 2. The van der Waals surface area contributed by atoms with E-state index in [4.69, 9.17) is 0 Å². The first-order chi connectivity index (χ1) is 13.9. The molecule has 0 aliphatic carbocycles. The monoisotopic (exact) mass is 398 g/mol. The minimum absolute atomic E-state index is 0.00117. The van der Waals surface area contributed by atoms with Crippen molar-refractivity contribution in [3.8, 4) is 0 Å². The number of amides is 2. The zero-order chi connectivity index (χ0) is 20.5. The van der Waals surface area contributed by atoms with E-state index in [-0.39, 0.29) is 23.1 Å². The number of benzene rings is 1. The number of nitrogens with zero attached hydrogens (tertiary/aromatic N) is 3. The Bertz CT molecular complexity index is 1100. The van der Waals surface area contributed by atoms with Gasteiger partial charge in [-0.2, -0.15) is 0 Å². The Hall–Kier alpha value is -3.29. The molecule has 2 aromatic heterocycles. The van der Waals surface area contributed by atoms with Gasteiger partial charge in [0.1, 0.15) is 0 Å². The average Bonchev–Trinajstić information content (AvgIpc) is 3.10. The number of rotatable bonds is 3. The normalized spacial score (nSPS) is 16.8. The molecule has 1 aromatic carbocycles. The zero-order valence-electron chi connectivity index (χ0n) is 15.9. The van der Waals surface area contributed by atoms with E-state index in [1.807, 2.05) is 0 Å². The van der Waals surface area contributed by atoms with Crippen LogP contribution in [0.3, 0.4) is 0 Å². The summed E-state index contributed by atoms with van der Waals surface area (Å²) in [6.07, 6.45) is 3.65. The fourth-order valence-corrected chi connectivity index (χ4v) is 3.64. The van der Waals surface area contributed by atoms with Crippen LogP contribution >= 0.6 is 0 Å². The first-order valence-corrected chi connectivity index (χ1v) is 9.47. The summed E-state index contributed by atoms with van der Waals surface area (Å²) in [5, 5.41) is 2.50. The predicted octanol–water partition coefficient (Wildman–Crippen LogP) is 3.74. The SMILES string of the molecule is CC1CCCN(C(=O)c2nc(C(=O)Nc3ccc(F)c(F)c3)n3ccccc23)C1. The van der Waals surface area contributed by atoms with Crippen molar-refractivity contribution in [2.24, 2.45) is 5.92 Å². The van der Waals surface area contributed by atoms with Crippen LogP contribution in [0.5, 0.6) is 0 Å². The molecule has 0 radical (unpaired) electrons. The lowest BCUT2D eigenvalue weighted by Crippen LogP contribution is -2.39. The van der Waals surface area contributed by atoms with E-state index >= 15 is 0 Å². The molecule has 1 aliphatic heterocycles. The maximum Gasteiger partial charge on any atom is 0.292 e. The molecule has 1 unspecified atom stereocenters. The molecule has 3 aromatic rings. The maximum atomic E-state index is 13.4. The number of pyridine rings is 1. The summed E-state index contributed by atoms with van der Waals surface area (Å²) in [5.41, 5.74) is 0.820. The first-order valence-electron chi connectivity index (χ1n) is 9.47. The van der Waals surface area contributed by atoms with Crippen molar-refractivity contribution in [2.45, 2.75) is 19.8 Å². The van der Waals surface area contributed by atoms with Gasteiger partial charge in [0.2, 0.25) is 5.82 Å². The average molecular weight is 398 g/mol. The minimum atomic E-state index is -1.06. The van der Waals surface area contributed by atoms with Gasteiger partial charge in [-0.3, -0.25) is 14.0 Å². The standard InChI is InChI=1S/C21H20F2N4O2/c1-13-5-4-9-26(12-13)21(29)18-17-6-2-3-10-27(17)19(25-18)20(28)24-14-7-8-15(22)16(23)11-14/h2-3,6-8,10-11,13H,4-5,9,12H2,1H3,(H,24,28). The second-order valence-corrected chi connectivity index (χ2v) is 7.32. The summed E-state index contributed by atoms with van der Waals surface area (Å²) in [5.74, 6) is -2.49. The highest BCUT2D eigenvalue weighted by Crippen LogP contribution is 2.21. The molecule has 1 aliphatic rings. The van der Waals surface area contributed by atoms with Crippen LogP contribution in [0.25, 0.3) is 5.52 Å². The van der Waals surface area contributed by atoms with Gasteiger partial charge < -0.3 is 10.2 Å². The van der Waals surface area contributed by atoms with Crippen LogP contribution in [-0.2, 0) is 0 Å². The Morgan fingerprint density at radius 2 is 2.00 bits per heavy atom. The molecule has 3 heterocycles. The summed E-state index contributed by atoms with van der Waals surface area (Å²) >= 11 is 0. The third-order valence-corrected chi connectivity index (χ3v) is 5.08. The Balaban J connectivity index is 1.67. The molecule has 1 fully saturated rings. The molecular weight excluding hydrogens is 378 g/mol. The van der Waals surface area contributed by atoms with Gasteiger partial charge in [0.15, 0.2) is 17.3 Å². The molecule has 2 amide bonds. The summed E-state index contributed by atoms with van der Waals surface area (Å²) in [7, 11) is 0. The molecular formula is C21H20F2N4O2. The number of fused-ring (bicyclic) bond motifs is 1. The van der Waals surface area contributed by atoms with Gasteiger partial charge in [-0.15, -0.1) is 0 Å². The number of carbonyl (C=O) groups excluding carboxylic acids is 2. The highest BCUT2D eigenvalue weighted by atomic mass is 19.2. The Morgan fingerprint density at radius 1 is 1.17 bits per heavy atom. The van der Waals surface area contributed by atoms with Gasteiger partial charge in [0.05, 0.1) is 5.52 Å². The van der Waals surface area contributed by atoms with Gasteiger partial charge in [-0.05, 0) is 43.0 Å². The van der Waals surface area contributed by atoms with Crippen LogP contribution in [0.1, 0.15) is 40.9 Å². The smallest absolute Gasteiger partial charge is 0.292 e. The van der Waals surface area contributed by atoms with Crippen molar-refractivity contribution in [1.82, 2.24) is 14.3 Å². The van der Waals surface area contributed by atoms with Gasteiger partial charge in [-0.25, -0.2) is 13.8 Å². The Morgan fingerprint density at radius 3 is 2.76 bits per heavy atom. The number of anilines is 1. The number of hydrogen-bond acceptors (Lipinski definition) is 3. The van der Waals surface area contributed by atoms with Crippen molar-refractivity contribution >= 4 is 23.0 Å². The van der Waals surface area contributed by atoms with Crippen LogP contribution in [0.2, 0.25) is 0 Å². The topological polar surface area (TPSA) is 66.7 Å². The van der Waals surface area contributed by atoms with Gasteiger partial charge in [0, 0.05) is 31.0 Å². The Kier molecular flexibility index (Phi) is 5.00. The van der Waals surface area contributed by atoms with E-state index in [0.717, 1.165) is 25.0 Å². The van der Waals surface area contributed by atoms with Crippen LogP contribution < -0.4 is 5.32 Å². The number of hydrogen-bond donors (Lipinski definition) is 1. The molecule has 0 spiro atoms. The van der Waals surface area contributed by atoms with E-state index in [1.165, 1.54) is 10.5 Å². The predicted molar refractivity (Wildman–Crippen MR) is 104 cm³/mol. The van der Waals surface area contributed by atoms with Crippen molar-refractivity contribution in [3.05, 3.63) is 65.7 Å². The van der Waals surface area contributed by atoms with Crippen molar-refractivity contribution in [1.29, 1.82) is 0 Å². The molecule has 1 saturated heterocycles. The summed E-state index contributed by atoms with van der Waals surface area (Å²) in [4.78, 5) is 31.9. The lowest BCUT2D eigenvalue weighted by atomic mass is 10.00. The number of carbonyl (C=O) groups is 2. The van der Waals surface area contributed by atoms with E-state index in [9.17, 15) is 18.4 Å². The molecule has 6 nitrogen and oxygen atoms in total. The van der Waals surface area contributed by atoms with Crippen LogP contribution in [-0.4, -0.2) is 39.2 Å². The number of imidazole rings is 1. The van der Waals surface area contributed by atoms with E-state index in [1.54, 1.807) is 29.3 Å². The third-order valence-electron chi connectivity index (χ3n) is 5.08. The lowest BCUT2D eigenvalue weighted by Gasteiger charge is -2.30. The molecule has 1 N–H and O–H groups in total. The minimum Gasteiger partial charge on any atom is -0.337 e. The fraction of sp³-hybridized carbons (Fsp3) is 0.286. The molecule has 8 heteroatoms. The van der Waals surface area contributed by atoms with Crippen molar-refractivity contribution in [2.75, 3.05) is 18.4 Å². The molecule has 4 rings (SSSR count). The van der Waals surface area contributed by atoms with E-state index in [0.29, 0.717) is 24.5 Å². The first kappa shape index (κ1) is 19.0. The molecule has 0 bridgehead atoms. The zero-order valence-corrected chi connectivity index (χ0v) is 15.9. The maximum absolute atomic E-state index is 13.4.